The second-order valence-electron chi connectivity index (χ2n) is 12.9. The Labute approximate surface area is 241 Å². The lowest BCUT2D eigenvalue weighted by Gasteiger charge is -2.60. The summed E-state index contributed by atoms with van der Waals surface area (Å²) in [6, 6.07) is 9.32. The molecule has 220 valence electrons. The first-order chi connectivity index (χ1) is 19.4. The first-order valence-corrected chi connectivity index (χ1v) is 14.7. The maximum Gasteiger partial charge on any atom is 0.349 e. The number of nitrogens with zero attached hydrogens (tertiary/aromatic N) is 3. The van der Waals surface area contributed by atoms with Gasteiger partial charge in [-0.3, -0.25) is 14.6 Å². The van der Waals surface area contributed by atoms with Crippen molar-refractivity contribution >= 4 is 23.5 Å². The maximum atomic E-state index is 14.1. The van der Waals surface area contributed by atoms with Crippen LogP contribution in [0.4, 0.5) is 10.5 Å². The molecule has 0 spiro atoms. The predicted molar refractivity (Wildman–Crippen MR) is 152 cm³/mol. The van der Waals surface area contributed by atoms with Crippen molar-refractivity contribution in [3.8, 4) is 0 Å². The summed E-state index contributed by atoms with van der Waals surface area (Å²) >= 11 is 0. The molecule has 3 aliphatic carbocycles. The van der Waals surface area contributed by atoms with E-state index in [1.165, 1.54) is 14.0 Å². The van der Waals surface area contributed by atoms with E-state index in [4.69, 9.17) is 9.47 Å². The highest BCUT2D eigenvalue weighted by Crippen LogP contribution is 2.71. The number of benzene rings is 1. The van der Waals surface area contributed by atoms with E-state index in [1.807, 2.05) is 42.3 Å². The van der Waals surface area contributed by atoms with Crippen LogP contribution in [-0.4, -0.2) is 70.9 Å². The molecule has 1 saturated heterocycles. The number of esters is 1. The standard InChI is InChI=1S/C32H41N3O6/c1-19-12-14-31-17-26(40-6)28(37)32(31,39)30(19,5)27(41-22(4)36)16-25(20(31)2)23-13-15-33-29(38)35(21(3)34(33)18-23)24-10-8-7-9-11-24/h7-11,13,19-20,25-27,39H,3,12,14-18H2,1-2,4-6H3/t19-,20+,25-,26+,27-,30+,31+,32-/m1/s1. The van der Waals surface area contributed by atoms with Gasteiger partial charge in [0.25, 0.3) is 0 Å². The van der Waals surface area contributed by atoms with Crippen molar-refractivity contribution in [3.63, 3.8) is 0 Å². The van der Waals surface area contributed by atoms with Gasteiger partial charge in [-0.2, -0.15) is 0 Å². The Kier molecular flexibility index (Phi) is 6.43. The van der Waals surface area contributed by atoms with Crippen LogP contribution >= 0.6 is 0 Å². The first-order valence-electron chi connectivity index (χ1n) is 14.7. The summed E-state index contributed by atoms with van der Waals surface area (Å²) in [4.78, 5) is 41.6. The molecule has 5 aliphatic rings. The summed E-state index contributed by atoms with van der Waals surface area (Å²) in [5.74, 6) is -0.405. The number of aliphatic hydroxyl groups is 1. The van der Waals surface area contributed by atoms with Gasteiger partial charge in [0.15, 0.2) is 5.78 Å². The molecule has 1 aromatic rings. The van der Waals surface area contributed by atoms with Gasteiger partial charge in [0, 0.05) is 24.9 Å². The predicted octanol–water partition coefficient (Wildman–Crippen LogP) is 4.29. The number of methoxy groups -OCH3 is 1. The third-order valence-corrected chi connectivity index (χ3v) is 11.6. The van der Waals surface area contributed by atoms with E-state index in [-0.39, 0.29) is 29.6 Å². The van der Waals surface area contributed by atoms with E-state index in [0.717, 1.165) is 17.7 Å². The second-order valence-corrected chi connectivity index (χ2v) is 12.9. The Morgan fingerprint density at radius 1 is 1.15 bits per heavy atom. The van der Waals surface area contributed by atoms with Gasteiger partial charge in [0.1, 0.15) is 23.6 Å². The number of hydrogen-bond acceptors (Lipinski definition) is 7. The average molecular weight is 564 g/mol. The van der Waals surface area contributed by atoms with Crippen LogP contribution in [0.3, 0.4) is 0 Å². The Morgan fingerprint density at radius 2 is 1.85 bits per heavy atom. The molecule has 2 amide bonds. The number of ketones is 1. The zero-order valence-corrected chi connectivity index (χ0v) is 24.6. The zero-order chi connectivity index (χ0) is 29.5. The highest BCUT2D eigenvalue weighted by molar-refractivity contribution is 5.97. The number of amides is 2. The minimum atomic E-state index is -1.70. The molecule has 2 aliphatic heterocycles. The van der Waals surface area contributed by atoms with E-state index in [2.05, 4.69) is 26.5 Å². The second kappa shape index (κ2) is 9.42. The fourth-order valence-corrected chi connectivity index (χ4v) is 9.14. The van der Waals surface area contributed by atoms with Gasteiger partial charge in [-0.1, -0.05) is 51.6 Å². The molecule has 1 aromatic carbocycles. The molecule has 3 saturated carbocycles. The molecule has 2 bridgehead atoms. The molecular weight excluding hydrogens is 522 g/mol. The number of fused-ring (bicyclic) bond motifs is 1. The number of rotatable bonds is 4. The summed E-state index contributed by atoms with van der Waals surface area (Å²) in [6.07, 6.45) is 3.14. The molecule has 0 radical (unpaired) electrons. The molecule has 9 nitrogen and oxygen atoms in total. The number of carbonyl (C=O) groups is 3. The van der Waals surface area contributed by atoms with Gasteiger partial charge >= 0.3 is 12.0 Å². The van der Waals surface area contributed by atoms with Crippen molar-refractivity contribution in [2.75, 3.05) is 25.1 Å². The lowest BCUT2D eigenvalue weighted by Crippen LogP contribution is -2.69. The van der Waals surface area contributed by atoms with Crippen molar-refractivity contribution in [2.24, 2.45) is 28.6 Å². The zero-order valence-electron chi connectivity index (χ0n) is 24.6. The molecule has 1 N–H and O–H groups in total. The van der Waals surface area contributed by atoms with Crippen LogP contribution in [0.15, 0.2) is 54.4 Å². The number of anilines is 1. The SMILES string of the molecule is C=C1N(c2ccccc2)C(=O)N2CC=C([C@@H]3C[C@@H](OC(C)=O)[C@]4(C)[C@H](C)CC[C@]5(C[C@H](OC)C(=O)[C@]54O)[C@H]3C)CN12. The van der Waals surface area contributed by atoms with Crippen LogP contribution < -0.4 is 4.90 Å². The quantitative estimate of drug-likeness (QED) is 0.431. The van der Waals surface area contributed by atoms with Gasteiger partial charge in [-0.15, -0.1) is 0 Å². The van der Waals surface area contributed by atoms with Crippen LogP contribution in [0.1, 0.15) is 53.4 Å². The van der Waals surface area contributed by atoms with Gasteiger partial charge in [-0.05, 0) is 61.1 Å². The maximum absolute atomic E-state index is 14.1. The third-order valence-electron chi connectivity index (χ3n) is 11.6. The molecular formula is C32H41N3O6. The van der Waals surface area contributed by atoms with Crippen LogP contribution in [0.2, 0.25) is 0 Å². The van der Waals surface area contributed by atoms with Crippen molar-refractivity contribution in [1.29, 1.82) is 0 Å². The van der Waals surface area contributed by atoms with Crippen LogP contribution in [0.25, 0.3) is 0 Å². The molecule has 41 heavy (non-hydrogen) atoms. The Bertz CT molecular complexity index is 1330. The van der Waals surface area contributed by atoms with Crippen LogP contribution in [0, 0.1) is 28.6 Å². The fraction of sp³-hybridized carbons (Fsp3) is 0.594. The highest BCUT2D eigenvalue weighted by atomic mass is 16.5. The van der Waals surface area contributed by atoms with E-state index in [1.54, 1.807) is 9.91 Å². The molecule has 9 heteroatoms. The van der Waals surface area contributed by atoms with Gasteiger partial charge < -0.3 is 14.6 Å². The number of Topliss-reactive ketones (excluding diaryl/α,β-unsaturated/α-hetero) is 1. The largest absolute Gasteiger partial charge is 0.462 e. The van der Waals surface area contributed by atoms with Crippen molar-refractivity contribution < 1.29 is 29.0 Å². The van der Waals surface area contributed by atoms with E-state index in [0.29, 0.717) is 38.2 Å². The summed E-state index contributed by atoms with van der Waals surface area (Å²) < 4.78 is 11.7. The van der Waals surface area contributed by atoms with Crippen LogP contribution in [-0.2, 0) is 19.1 Å². The van der Waals surface area contributed by atoms with Crippen molar-refractivity contribution in [2.45, 2.75) is 71.2 Å². The Morgan fingerprint density at radius 3 is 2.51 bits per heavy atom. The third kappa shape index (κ3) is 3.51. The lowest BCUT2D eigenvalue weighted by molar-refractivity contribution is -0.234. The van der Waals surface area contributed by atoms with Gasteiger partial charge in [0.2, 0.25) is 0 Å². The molecule has 4 fully saturated rings. The molecule has 6 rings (SSSR count). The van der Waals surface area contributed by atoms with E-state index in [9.17, 15) is 19.5 Å². The molecule has 2 heterocycles. The van der Waals surface area contributed by atoms with Gasteiger partial charge in [0.05, 0.1) is 18.8 Å². The average Bonchev–Trinajstić information content (AvgIpc) is 3.34. The minimum Gasteiger partial charge on any atom is -0.462 e. The Hall–Kier alpha value is -3.17. The topological polar surface area (TPSA) is 99.6 Å². The smallest absolute Gasteiger partial charge is 0.349 e. The monoisotopic (exact) mass is 563 g/mol. The van der Waals surface area contributed by atoms with Crippen molar-refractivity contribution in [1.82, 2.24) is 10.0 Å². The summed E-state index contributed by atoms with van der Waals surface area (Å²) in [6.45, 7) is 12.6. The summed E-state index contributed by atoms with van der Waals surface area (Å²) in [7, 11) is 1.53. The number of urea groups is 1. The number of hydrogen-bond donors (Lipinski definition) is 1. The van der Waals surface area contributed by atoms with Crippen LogP contribution in [0.5, 0.6) is 0 Å². The van der Waals surface area contributed by atoms with Crippen molar-refractivity contribution in [3.05, 3.63) is 54.4 Å². The Balaban J connectivity index is 1.42. The lowest BCUT2D eigenvalue weighted by atomic mass is 9.46. The molecule has 0 unspecified atom stereocenters. The first kappa shape index (κ1) is 28.0. The number of hydrazine groups is 1. The van der Waals surface area contributed by atoms with E-state index >= 15 is 0 Å². The highest BCUT2D eigenvalue weighted by Gasteiger charge is 2.78. The van der Waals surface area contributed by atoms with Gasteiger partial charge in [-0.25, -0.2) is 14.7 Å². The number of para-hydroxylation sites is 1. The van der Waals surface area contributed by atoms with E-state index < -0.39 is 34.6 Å². The fourth-order valence-electron chi connectivity index (χ4n) is 9.14. The minimum absolute atomic E-state index is 0.0540. The molecule has 0 aromatic heterocycles. The normalized spacial score (nSPS) is 40.2. The summed E-state index contributed by atoms with van der Waals surface area (Å²) in [5.41, 5.74) is -1.57. The number of ether oxygens (including phenoxy) is 2. The molecule has 8 atom stereocenters. The number of carbonyl (C=O) groups excluding carboxylic acids is 3. The summed E-state index contributed by atoms with van der Waals surface area (Å²) in [5, 5.41) is 16.4.